The van der Waals surface area contributed by atoms with Crippen LogP contribution in [0.1, 0.15) is 5.56 Å². The van der Waals surface area contributed by atoms with Gasteiger partial charge < -0.3 is 5.11 Å². The van der Waals surface area contributed by atoms with Crippen LogP contribution in [-0.4, -0.2) is 10.1 Å². The number of phenolic OH excluding ortho intramolecular Hbond substituents is 1. The third-order valence-corrected chi connectivity index (χ3v) is 4.94. The predicted octanol–water partition coefficient (Wildman–Crippen LogP) is 5.21. The average Bonchev–Trinajstić information content (AvgIpc) is 3.06. The lowest BCUT2D eigenvalue weighted by molar-refractivity contribution is 0.477. The van der Waals surface area contributed by atoms with Crippen molar-refractivity contribution in [1.82, 2.24) is 4.98 Å². The molecule has 4 aromatic rings. The van der Waals surface area contributed by atoms with Gasteiger partial charge in [0, 0.05) is 0 Å². The van der Waals surface area contributed by atoms with Crippen LogP contribution in [0.15, 0.2) is 66.7 Å². The minimum absolute atomic E-state index is 0.214. The highest BCUT2D eigenvalue weighted by atomic mass is 32.1. The van der Waals surface area contributed by atoms with Gasteiger partial charge in [0.2, 0.25) is 0 Å². The van der Waals surface area contributed by atoms with E-state index in [-0.39, 0.29) is 5.75 Å². The van der Waals surface area contributed by atoms with Crippen LogP contribution in [0, 0.1) is 11.3 Å². The van der Waals surface area contributed by atoms with Gasteiger partial charge in [0.25, 0.3) is 0 Å². The molecule has 0 saturated heterocycles. The van der Waals surface area contributed by atoms with E-state index in [4.69, 9.17) is 5.26 Å². The molecule has 1 heterocycles. The summed E-state index contributed by atoms with van der Waals surface area (Å²) in [4.78, 5) is 4.62. The van der Waals surface area contributed by atoms with Gasteiger partial charge in [0.05, 0.1) is 27.4 Å². The highest BCUT2D eigenvalue weighted by molar-refractivity contribution is 7.21. The number of benzene rings is 3. The molecule has 0 amide bonds. The van der Waals surface area contributed by atoms with Gasteiger partial charge in [-0.25, -0.2) is 4.98 Å². The van der Waals surface area contributed by atoms with E-state index < -0.39 is 0 Å². The SMILES string of the molecule is N#Cc1ccc(-c2ccc(O)c(-c3nc4ccccc4s3)c2)cc1. The molecule has 0 saturated carbocycles. The highest BCUT2D eigenvalue weighted by Crippen LogP contribution is 2.37. The second-order valence-electron chi connectivity index (χ2n) is 5.41. The van der Waals surface area contributed by atoms with Crippen molar-refractivity contribution in [1.29, 1.82) is 5.26 Å². The highest BCUT2D eigenvalue weighted by Gasteiger charge is 2.12. The van der Waals surface area contributed by atoms with Gasteiger partial charge in [-0.15, -0.1) is 11.3 Å². The number of nitrogens with zero attached hydrogens (tertiary/aromatic N) is 2. The van der Waals surface area contributed by atoms with E-state index in [1.807, 2.05) is 48.5 Å². The molecular formula is C20H12N2OS. The fourth-order valence-corrected chi connectivity index (χ4v) is 3.60. The van der Waals surface area contributed by atoms with E-state index in [0.717, 1.165) is 31.9 Å². The standard InChI is InChI=1S/C20H12N2OS/c21-12-13-5-7-14(8-6-13)15-9-10-18(23)16(11-15)20-22-17-3-1-2-4-19(17)24-20/h1-11,23H. The van der Waals surface area contributed by atoms with Crippen LogP contribution in [0.25, 0.3) is 31.9 Å². The van der Waals surface area contributed by atoms with Gasteiger partial charge in [-0.3, -0.25) is 0 Å². The number of fused-ring (bicyclic) bond motifs is 1. The van der Waals surface area contributed by atoms with E-state index in [9.17, 15) is 5.11 Å². The van der Waals surface area contributed by atoms with Gasteiger partial charge in [0.15, 0.2) is 0 Å². The van der Waals surface area contributed by atoms with E-state index in [1.165, 1.54) is 0 Å². The Morgan fingerprint density at radius 2 is 1.67 bits per heavy atom. The molecule has 24 heavy (non-hydrogen) atoms. The van der Waals surface area contributed by atoms with Gasteiger partial charge in [-0.05, 0) is 47.5 Å². The number of nitriles is 1. The summed E-state index contributed by atoms with van der Waals surface area (Å²) in [5.41, 5.74) is 4.26. The van der Waals surface area contributed by atoms with Crippen molar-refractivity contribution in [2.75, 3.05) is 0 Å². The summed E-state index contributed by atoms with van der Waals surface area (Å²) in [7, 11) is 0. The zero-order valence-corrected chi connectivity index (χ0v) is 13.4. The smallest absolute Gasteiger partial charge is 0.128 e. The van der Waals surface area contributed by atoms with Gasteiger partial charge in [0.1, 0.15) is 10.8 Å². The maximum Gasteiger partial charge on any atom is 0.128 e. The third-order valence-electron chi connectivity index (χ3n) is 3.87. The summed E-state index contributed by atoms with van der Waals surface area (Å²) in [5.74, 6) is 0.214. The quantitative estimate of drug-likeness (QED) is 0.549. The maximum atomic E-state index is 10.3. The summed E-state index contributed by atoms with van der Waals surface area (Å²) in [6.07, 6.45) is 0. The molecule has 0 fully saturated rings. The Hall–Kier alpha value is -3.16. The molecule has 114 valence electrons. The van der Waals surface area contributed by atoms with Crippen LogP contribution >= 0.6 is 11.3 Å². The first-order valence-corrected chi connectivity index (χ1v) is 8.26. The fraction of sp³-hybridized carbons (Fsp3) is 0. The Kier molecular flexibility index (Phi) is 3.49. The molecular weight excluding hydrogens is 316 g/mol. The van der Waals surface area contributed by atoms with Crippen molar-refractivity contribution < 1.29 is 5.11 Å². The molecule has 4 heteroatoms. The number of para-hydroxylation sites is 1. The lowest BCUT2D eigenvalue weighted by Gasteiger charge is -2.06. The van der Waals surface area contributed by atoms with E-state index in [0.29, 0.717) is 5.56 Å². The monoisotopic (exact) mass is 328 g/mol. The molecule has 0 bridgehead atoms. The van der Waals surface area contributed by atoms with Crippen LogP contribution < -0.4 is 0 Å². The molecule has 0 spiro atoms. The summed E-state index contributed by atoms with van der Waals surface area (Å²) in [6.45, 7) is 0. The van der Waals surface area contributed by atoms with Gasteiger partial charge in [-0.1, -0.05) is 30.3 Å². The molecule has 4 rings (SSSR count). The first-order chi connectivity index (χ1) is 11.7. The molecule has 0 aliphatic rings. The Labute approximate surface area is 143 Å². The van der Waals surface area contributed by atoms with Crippen molar-refractivity contribution >= 4 is 21.6 Å². The molecule has 0 aliphatic heterocycles. The molecule has 0 atom stereocenters. The predicted molar refractivity (Wildman–Crippen MR) is 96.9 cm³/mol. The normalized spacial score (nSPS) is 10.6. The number of aromatic nitrogens is 1. The molecule has 1 aromatic heterocycles. The van der Waals surface area contributed by atoms with Crippen molar-refractivity contribution in [3.05, 3.63) is 72.3 Å². The summed E-state index contributed by atoms with van der Waals surface area (Å²) in [6, 6.07) is 23.0. The van der Waals surface area contributed by atoms with E-state index in [2.05, 4.69) is 11.1 Å². The topological polar surface area (TPSA) is 56.9 Å². The summed E-state index contributed by atoms with van der Waals surface area (Å²) >= 11 is 1.56. The van der Waals surface area contributed by atoms with Crippen molar-refractivity contribution in [3.8, 4) is 33.5 Å². The molecule has 3 nitrogen and oxygen atoms in total. The van der Waals surface area contributed by atoms with Crippen LogP contribution in [0.2, 0.25) is 0 Å². The van der Waals surface area contributed by atoms with Gasteiger partial charge >= 0.3 is 0 Å². The van der Waals surface area contributed by atoms with E-state index >= 15 is 0 Å². The number of hydrogen-bond acceptors (Lipinski definition) is 4. The number of hydrogen-bond donors (Lipinski definition) is 1. The Bertz CT molecular complexity index is 1040. The number of phenols is 1. The Balaban J connectivity index is 1.82. The molecule has 3 aromatic carbocycles. The minimum atomic E-state index is 0.214. The maximum absolute atomic E-state index is 10.3. The van der Waals surface area contributed by atoms with Crippen molar-refractivity contribution in [2.45, 2.75) is 0 Å². The molecule has 0 aliphatic carbocycles. The zero-order chi connectivity index (χ0) is 16.5. The number of thiazole rings is 1. The summed E-state index contributed by atoms with van der Waals surface area (Å²) in [5, 5.41) is 20.0. The number of rotatable bonds is 2. The van der Waals surface area contributed by atoms with Gasteiger partial charge in [-0.2, -0.15) is 5.26 Å². The van der Waals surface area contributed by atoms with E-state index in [1.54, 1.807) is 29.5 Å². The lowest BCUT2D eigenvalue weighted by atomic mass is 10.0. The van der Waals surface area contributed by atoms with Crippen LogP contribution in [0.4, 0.5) is 0 Å². The zero-order valence-electron chi connectivity index (χ0n) is 12.6. The average molecular weight is 328 g/mol. The molecule has 1 N–H and O–H groups in total. The second kappa shape index (κ2) is 5.80. The largest absolute Gasteiger partial charge is 0.507 e. The van der Waals surface area contributed by atoms with Crippen LogP contribution in [-0.2, 0) is 0 Å². The van der Waals surface area contributed by atoms with Crippen molar-refractivity contribution in [3.63, 3.8) is 0 Å². The van der Waals surface area contributed by atoms with Crippen molar-refractivity contribution in [2.24, 2.45) is 0 Å². The van der Waals surface area contributed by atoms with Crippen LogP contribution in [0.5, 0.6) is 5.75 Å². The second-order valence-corrected chi connectivity index (χ2v) is 6.44. The number of aromatic hydroxyl groups is 1. The fourth-order valence-electron chi connectivity index (χ4n) is 2.61. The molecule has 0 radical (unpaired) electrons. The first kappa shape index (κ1) is 14.4. The summed E-state index contributed by atoms with van der Waals surface area (Å²) < 4.78 is 1.09. The lowest BCUT2D eigenvalue weighted by Crippen LogP contribution is -1.83. The third kappa shape index (κ3) is 2.51. The molecule has 0 unspecified atom stereocenters. The first-order valence-electron chi connectivity index (χ1n) is 7.44. The minimum Gasteiger partial charge on any atom is -0.507 e. The Morgan fingerprint density at radius 1 is 0.917 bits per heavy atom. The van der Waals surface area contributed by atoms with Crippen LogP contribution in [0.3, 0.4) is 0 Å². The Morgan fingerprint density at radius 3 is 2.42 bits per heavy atom.